The van der Waals surface area contributed by atoms with Crippen LogP contribution in [0.15, 0.2) is 66.8 Å². The van der Waals surface area contributed by atoms with E-state index >= 15 is 0 Å². The fourth-order valence-corrected chi connectivity index (χ4v) is 2.92. The Morgan fingerprint density at radius 2 is 1.87 bits per heavy atom. The summed E-state index contributed by atoms with van der Waals surface area (Å²) in [7, 11) is 0. The van der Waals surface area contributed by atoms with Gasteiger partial charge in [0.15, 0.2) is 0 Å². The van der Waals surface area contributed by atoms with E-state index in [1.807, 2.05) is 41.8 Å². The van der Waals surface area contributed by atoms with Crippen LogP contribution in [-0.2, 0) is 11.3 Å². The summed E-state index contributed by atoms with van der Waals surface area (Å²) in [4.78, 5) is 19.9. The molecule has 1 N–H and O–H groups in total. The molecular formula is C18H15N3OS. The predicted molar refractivity (Wildman–Crippen MR) is 92.8 cm³/mol. The lowest BCUT2D eigenvalue weighted by molar-refractivity contribution is -0.116. The van der Waals surface area contributed by atoms with Crippen LogP contribution in [0.3, 0.4) is 0 Å². The van der Waals surface area contributed by atoms with Gasteiger partial charge >= 0.3 is 0 Å². The molecule has 5 heteroatoms. The third-order valence-corrected chi connectivity index (χ3v) is 4.22. The maximum atomic E-state index is 11.2. The number of amides is 1. The van der Waals surface area contributed by atoms with Crippen molar-refractivity contribution in [2.75, 3.05) is 0 Å². The molecule has 0 aliphatic heterocycles. The van der Waals surface area contributed by atoms with Crippen LogP contribution >= 0.6 is 11.3 Å². The van der Waals surface area contributed by atoms with Gasteiger partial charge in [-0.1, -0.05) is 30.8 Å². The van der Waals surface area contributed by atoms with E-state index in [1.165, 1.54) is 6.08 Å². The fourth-order valence-electron chi connectivity index (χ4n) is 2.09. The summed E-state index contributed by atoms with van der Waals surface area (Å²) in [6, 6.07) is 11.9. The molecule has 1 aromatic carbocycles. The van der Waals surface area contributed by atoms with E-state index in [9.17, 15) is 4.79 Å². The topological polar surface area (TPSA) is 54.9 Å². The van der Waals surface area contributed by atoms with Crippen LogP contribution in [0.2, 0.25) is 0 Å². The van der Waals surface area contributed by atoms with E-state index in [1.54, 1.807) is 23.7 Å². The van der Waals surface area contributed by atoms with Crippen molar-refractivity contribution in [2.45, 2.75) is 6.54 Å². The smallest absolute Gasteiger partial charge is 0.243 e. The molecule has 0 unspecified atom stereocenters. The van der Waals surface area contributed by atoms with Gasteiger partial charge in [-0.15, -0.1) is 11.3 Å². The second-order valence-corrected chi connectivity index (χ2v) is 5.75. The first kappa shape index (κ1) is 15.1. The Hall–Kier alpha value is -2.79. The van der Waals surface area contributed by atoms with E-state index < -0.39 is 0 Å². The molecule has 4 nitrogen and oxygen atoms in total. The van der Waals surface area contributed by atoms with Gasteiger partial charge in [0.25, 0.3) is 0 Å². The lowest BCUT2D eigenvalue weighted by Gasteiger charge is -2.03. The van der Waals surface area contributed by atoms with Gasteiger partial charge < -0.3 is 5.32 Å². The first-order valence-electron chi connectivity index (χ1n) is 7.12. The Labute approximate surface area is 138 Å². The zero-order chi connectivity index (χ0) is 16.1. The molecule has 3 rings (SSSR count). The highest BCUT2D eigenvalue weighted by molar-refractivity contribution is 7.13. The Kier molecular flexibility index (Phi) is 4.59. The molecular weight excluding hydrogens is 306 g/mol. The number of thiazole rings is 1. The molecule has 1 amide bonds. The van der Waals surface area contributed by atoms with Crippen molar-refractivity contribution in [2.24, 2.45) is 0 Å². The molecule has 0 spiro atoms. The Bertz CT molecular complexity index is 810. The van der Waals surface area contributed by atoms with Crippen molar-refractivity contribution >= 4 is 17.2 Å². The van der Waals surface area contributed by atoms with Crippen LogP contribution in [0.5, 0.6) is 0 Å². The SMILES string of the molecule is C=CC(=O)NCc1ccc(-c2csc(-c3ccncc3)n2)cc1. The molecule has 0 radical (unpaired) electrons. The van der Waals surface area contributed by atoms with Crippen LogP contribution in [0, 0.1) is 0 Å². The zero-order valence-electron chi connectivity index (χ0n) is 12.4. The minimum atomic E-state index is -0.171. The molecule has 2 aromatic heterocycles. The van der Waals surface area contributed by atoms with Crippen LogP contribution in [-0.4, -0.2) is 15.9 Å². The van der Waals surface area contributed by atoms with Gasteiger partial charge in [-0.2, -0.15) is 0 Å². The minimum absolute atomic E-state index is 0.171. The van der Waals surface area contributed by atoms with Crippen LogP contribution in [0.25, 0.3) is 21.8 Å². The van der Waals surface area contributed by atoms with Crippen molar-refractivity contribution in [1.82, 2.24) is 15.3 Å². The average Bonchev–Trinajstić information content (AvgIpc) is 3.11. The van der Waals surface area contributed by atoms with Crippen molar-refractivity contribution in [3.05, 3.63) is 72.4 Å². The molecule has 2 heterocycles. The molecule has 114 valence electrons. The predicted octanol–water partition coefficient (Wildman–Crippen LogP) is 3.67. The fraction of sp³-hybridized carbons (Fsp3) is 0.0556. The highest BCUT2D eigenvalue weighted by Crippen LogP contribution is 2.28. The molecule has 0 fully saturated rings. The molecule has 0 saturated heterocycles. The lowest BCUT2D eigenvalue weighted by Crippen LogP contribution is -2.19. The summed E-state index contributed by atoms with van der Waals surface area (Å²) >= 11 is 1.61. The van der Waals surface area contributed by atoms with Gasteiger partial charge in [0.1, 0.15) is 5.01 Å². The number of carbonyl (C=O) groups is 1. The summed E-state index contributed by atoms with van der Waals surface area (Å²) in [6.07, 6.45) is 4.80. The number of hydrogen-bond donors (Lipinski definition) is 1. The number of nitrogens with zero attached hydrogens (tertiary/aromatic N) is 2. The number of nitrogens with one attached hydrogen (secondary N) is 1. The first-order valence-corrected chi connectivity index (χ1v) is 8.00. The Morgan fingerprint density at radius 3 is 2.57 bits per heavy atom. The number of benzene rings is 1. The quantitative estimate of drug-likeness (QED) is 0.729. The van der Waals surface area contributed by atoms with Crippen LogP contribution < -0.4 is 5.32 Å². The lowest BCUT2D eigenvalue weighted by atomic mass is 10.1. The second-order valence-electron chi connectivity index (χ2n) is 4.89. The van der Waals surface area contributed by atoms with Crippen molar-refractivity contribution < 1.29 is 4.79 Å². The number of hydrogen-bond acceptors (Lipinski definition) is 4. The van der Waals surface area contributed by atoms with E-state index in [4.69, 9.17) is 0 Å². The number of pyridine rings is 1. The van der Waals surface area contributed by atoms with Gasteiger partial charge in [-0.25, -0.2) is 4.98 Å². The number of carbonyl (C=O) groups excluding carboxylic acids is 1. The average molecular weight is 321 g/mol. The monoisotopic (exact) mass is 321 g/mol. The highest BCUT2D eigenvalue weighted by Gasteiger charge is 2.06. The van der Waals surface area contributed by atoms with Crippen molar-refractivity contribution in [1.29, 1.82) is 0 Å². The molecule has 0 atom stereocenters. The van der Waals surface area contributed by atoms with E-state index in [2.05, 4.69) is 21.9 Å². The molecule has 0 aliphatic rings. The summed E-state index contributed by atoms with van der Waals surface area (Å²) in [5, 5.41) is 5.78. The third kappa shape index (κ3) is 3.70. The Morgan fingerprint density at radius 1 is 1.13 bits per heavy atom. The summed E-state index contributed by atoms with van der Waals surface area (Å²) in [6.45, 7) is 3.92. The number of aromatic nitrogens is 2. The third-order valence-electron chi connectivity index (χ3n) is 3.33. The zero-order valence-corrected chi connectivity index (χ0v) is 13.2. The first-order chi connectivity index (χ1) is 11.3. The van der Waals surface area contributed by atoms with E-state index in [0.29, 0.717) is 6.54 Å². The summed E-state index contributed by atoms with van der Waals surface area (Å²) in [5.41, 5.74) is 4.11. The molecule has 0 saturated carbocycles. The maximum Gasteiger partial charge on any atom is 0.243 e. The second kappa shape index (κ2) is 6.98. The van der Waals surface area contributed by atoms with Gasteiger partial charge in [-0.05, 0) is 23.8 Å². The van der Waals surface area contributed by atoms with E-state index in [0.717, 1.165) is 27.4 Å². The van der Waals surface area contributed by atoms with Gasteiger partial charge in [0.2, 0.25) is 5.91 Å². The highest BCUT2D eigenvalue weighted by atomic mass is 32.1. The maximum absolute atomic E-state index is 11.2. The molecule has 23 heavy (non-hydrogen) atoms. The van der Waals surface area contributed by atoms with Crippen molar-refractivity contribution in [3.8, 4) is 21.8 Å². The van der Waals surface area contributed by atoms with Gasteiger partial charge in [-0.3, -0.25) is 9.78 Å². The van der Waals surface area contributed by atoms with Crippen molar-refractivity contribution in [3.63, 3.8) is 0 Å². The van der Waals surface area contributed by atoms with Crippen LogP contribution in [0.4, 0.5) is 0 Å². The molecule has 0 aliphatic carbocycles. The van der Waals surface area contributed by atoms with E-state index in [-0.39, 0.29) is 5.91 Å². The molecule has 3 aromatic rings. The van der Waals surface area contributed by atoms with Crippen LogP contribution in [0.1, 0.15) is 5.56 Å². The van der Waals surface area contributed by atoms with Gasteiger partial charge in [0.05, 0.1) is 5.69 Å². The van der Waals surface area contributed by atoms with Gasteiger partial charge in [0, 0.05) is 35.4 Å². The summed E-state index contributed by atoms with van der Waals surface area (Å²) < 4.78 is 0. The molecule has 0 bridgehead atoms. The Balaban J connectivity index is 1.74. The standard InChI is InChI=1S/C18H15N3OS/c1-2-17(22)20-11-13-3-5-14(6-4-13)16-12-23-18(21-16)15-7-9-19-10-8-15/h2-10,12H,1,11H2,(H,20,22). The number of rotatable bonds is 5. The minimum Gasteiger partial charge on any atom is -0.348 e. The summed E-state index contributed by atoms with van der Waals surface area (Å²) in [5.74, 6) is -0.171. The largest absolute Gasteiger partial charge is 0.348 e. The normalized spacial score (nSPS) is 10.3.